The van der Waals surface area contributed by atoms with E-state index in [0.717, 1.165) is 17.1 Å². The average molecular weight is 664 g/mol. The summed E-state index contributed by atoms with van der Waals surface area (Å²) >= 11 is 5.92. The zero-order chi connectivity index (χ0) is 32.8. The van der Waals surface area contributed by atoms with Gasteiger partial charge in [0.2, 0.25) is 0 Å². The summed E-state index contributed by atoms with van der Waals surface area (Å²) in [6, 6.07) is 27.6. The SMILES string of the molecule is C[C@@H]1CN([C@@H](C)CO)C(=O)c2cc(NS(=O)(=O)c3ccc(Cl)cc3)ccc2O[C@@H]1CN(C)Cc1ccc(Oc2ccccc2)cc1. The third-order valence-corrected chi connectivity index (χ3v) is 9.54. The lowest BCUT2D eigenvalue weighted by Gasteiger charge is -2.38. The first-order valence-electron chi connectivity index (χ1n) is 15.0. The van der Waals surface area contributed by atoms with Crippen LogP contribution >= 0.6 is 11.6 Å². The molecular formula is C35H38ClN3O6S. The number of nitrogens with one attached hydrogen (secondary N) is 1. The maximum Gasteiger partial charge on any atom is 0.261 e. The van der Waals surface area contributed by atoms with Gasteiger partial charge in [0.05, 0.1) is 23.1 Å². The Hall–Kier alpha value is -4.09. The van der Waals surface area contributed by atoms with Crippen molar-refractivity contribution in [3.05, 3.63) is 113 Å². The van der Waals surface area contributed by atoms with E-state index in [4.69, 9.17) is 21.1 Å². The first kappa shape index (κ1) is 33.3. The van der Waals surface area contributed by atoms with Gasteiger partial charge in [-0.3, -0.25) is 14.4 Å². The number of sulfonamides is 1. The van der Waals surface area contributed by atoms with Crippen LogP contribution in [0.25, 0.3) is 0 Å². The van der Waals surface area contributed by atoms with Gasteiger partial charge in [-0.1, -0.05) is 48.9 Å². The monoisotopic (exact) mass is 663 g/mol. The van der Waals surface area contributed by atoms with E-state index < -0.39 is 16.1 Å². The first-order valence-corrected chi connectivity index (χ1v) is 16.9. The highest BCUT2D eigenvalue weighted by molar-refractivity contribution is 7.92. The van der Waals surface area contributed by atoms with Gasteiger partial charge in [-0.05, 0) is 86.3 Å². The van der Waals surface area contributed by atoms with Crippen LogP contribution in [-0.4, -0.2) is 68.1 Å². The summed E-state index contributed by atoms with van der Waals surface area (Å²) in [5, 5.41) is 10.4. The molecule has 4 aromatic carbocycles. The Morgan fingerprint density at radius 3 is 2.37 bits per heavy atom. The van der Waals surface area contributed by atoms with Crippen LogP contribution in [0.3, 0.4) is 0 Å². The van der Waals surface area contributed by atoms with E-state index in [9.17, 15) is 18.3 Å². The first-order chi connectivity index (χ1) is 22.0. The number of benzene rings is 4. The molecule has 3 atom stereocenters. The van der Waals surface area contributed by atoms with E-state index in [0.29, 0.717) is 30.4 Å². The van der Waals surface area contributed by atoms with Crippen molar-refractivity contribution < 1.29 is 27.8 Å². The second-order valence-corrected chi connectivity index (χ2v) is 13.8. The summed E-state index contributed by atoms with van der Waals surface area (Å²) in [5.41, 5.74) is 1.53. The molecule has 0 spiro atoms. The van der Waals surface area contributed by atoms with E-state index in [2.05, 4.69) is 9.62 Å². The fourth-order valence-corrected chi connectivity index (χ4v) is 6.48. The second kappa shape index (κ2) is 14.6. The molecule has 0 fully saturated rings. The largest absolute Gasteiger partial charge is 0.488 e. The van der Waals surface area contributed by atoms with Crippen LogP contribution in [0.2, 0.25) is 5.02 Å². The zero-order valence-electron chi connectivity index (χ0n) is 26.0. The van der Waals surface area contributed by atoms with Gasteiger partial charge in [0, 0.05) is 36.3 Å². The molecule has 4 aromatic rings. The number of anilines is 1. The quantitative estimate of drug-likeness (QED) is 0.194. The lowest BCUT2D eigenvalue weighted by atomic mass is 9.99. The average Bonchev–Trinajstić information content (AvgIpc) is 3.04. The molecule has 1 aliphatic heterocycles. The number of carbonyl (C=O) groups excluding carboxylic acids is 1. The summed E-state index contributed by atoms with van der Waals surface area (Å²) in [6.07, 6.45) is -0.303. The van der Waals surface area contributed by atoms with E-state index in [-0.39, 0.29) is 40.7 Å². The van der Waals surface area contributed by atoms with Crippen LogP contribution in [0.4, 0.5) is 5.69 Å². The molecule has 1 aliphatic rings. The highest BCUT2D eigenvalue weighted by Crippen LogP contribution is 2.32. The standard InChI is InChI=1S/C35H38ClN3O6S/c1-24-20-39(25(2)23-40)35(41)32-19-28(37-46(42,43)31-16-11-27(36)12-17-31)13-18-33(32)45-34(24)22-38(3)21-26-9-14-30(15-10-26)44-29-7-5-4-6-8-29/h4-19,24-25,34,37,40H,20-23H2,1-3H3/t24-,25+,34-/m1/s1. The van der Waals surface area contributed by atoms with Crippen LogP contribution in [0, 0.1) is 5.92 Å². The van der Waals surface area contributed by atoms with Crippen molar-refractivity contribution >= 4 is 33.2 Å². The van der Waals surface area contributed by atoms with Gasteiger partial charge in [-0.2, -0.15) is 0 Å². The molecule has 1 amide bonds. The van der Waals surface area contributed by atoms with Crippen molar-refractivity contribution in [3.8, 4) is 17.2 Å². The van der Waals surface area contributed by atoms with Crippen molar-refractivity contribution in [2.24, 2.45) is 5.92 Å². The number of hydrogen-bond acceptors (Lipinski definition) is 7. The Balaban J connectivity index is 1.34. The number of halogens is 1. The summed E-state index contributed by atoms with van der Waals surface area (Å²) in [6.45, 7) is 5.16. The van der Waals surface area contributed by atoms with Crippen LogP contribution in [0.1, 0.15) is 29.8 Å². The van der Waals surface area contributed by atoms with Crippen LogP contribution in [0.5, 0.6) is 17.2 Å². The molecule has 46 heavy (non-hydrogen) atoms. The molecule has 0 saturated carbocycles. The fourth-order valence-electron chi connectivity index (χ4n) is 5.30. The molecular weight excluding hydrogens is 626 g/mol. The molecule has 0 bridgehead atoms. The maximum atomic E-state index is 13.8. The summed E-state index contributed by atoms with van der Waals surface area (Å²) < 4.78 is 41.1. The smallest absolute Gasteiger partial charge is 0.261 e. The van der Waals surface area contributed by atoms with Crippen LogP contribution in [0.15, 0.2) is 102 Å². The molecule has 0 aliphatic carbocycles. The van der Waals surface area contributed by atoms with Gasteiger partial charge >= 0.3 is 0 Å². The van der Waals surface area contributed by atoms with Crippen molar-refractivity contribution in [2.75, 3.05) is 31.5 Å². The number of ether oxygens (including phenoxy) is 2. The fraction of sp³-hybridized carbons (Fsp3) is 0.286. The number of nitrogens with zero attached hydrogens (tertiary/aromatic N) is 2. The summed E-state index contributed by atoms with van der Waals surface area (Å²) in [5.74, 6) is 1.46. The number of carbonyl (C=O) groups is 1. The van der Waals surface area contributed by atoms with Gasteiger partial charge in [0.15, 0.2) is 0 Å². The van der Waals surface area contributed by atoms with E-state index in [1.807, 2.05) is 68.6 Å². The van der Waals surface area contributed by atoms with Gasteiger partial charge in [-0.25, -0.2) is 8.42 Å². The van der Waals surface area contributed by atoms with Crippen molar-refractivity contribution in [3.63, 3.8) is 0 Å². The zero-order valence-corrected chi connectivity index (χ0v) is 27.5. The van der Waals surface area contributed by atoms with Crippen LogP contribution in [-0.2, 0) is 16.6 Å². The van der Waals surface area contributed by atoms with Gasteiger partial charge < -0.3 is 19.5 Å². The van der Waals surface area contributed by atoms with Gasteiger partial charge in [0.1, 0.15) is 23.4 Å². The Labute approximate surface area is 275 Å². The molecule has 1 heterocycles. The number of fused-ring (bicyclic) bond motifs is 1. The lowest BCUT2D eigenvalue weighted by molar-refractivity contribution is 0.0341. The highest BCUT2D eigenvalue weighted by Gasteiger charge is 2.33. The molecule has 0 unspecified atom stereocenters. The Morgan fingerprint density at radius 2 is 1.70 bits per heavy atom. The van der Waals surface area contributed by atoms with Crippen molar-refractivity contribution in [2.45, 2.75) is 37.4 Å². The normalized spacial score (nSPS) is 17.4. The number of aliphatic hydroxyl groups is 1. The molecule has 242 valence electrons. The Bertz CT molecular complexity index is 1740. The summed E-state index contributed by atoms with van der Waals surface area (Å²) in [7, 11) is -1.93. The van der Waals surface area contributed by atoms with E-state index in [1.165, 1.54) is 30.3 Å². The van der Waals surface area contributed by atoms with E-state index >= 15 is 0 Å². The third kappa shape index (κ3) is 8.19. The number of likely N-dealkylation sites (N-methyl/N-ethyl adjacent to an activating group) is 1. The predicted octanol–water partition coefficient (Wildman–Crippen LogP) is 6.29. The third-order valence-electron chi connectivity index (χ3n) is 7.89. The molecule has 0 saturated heterocycles. The Morgan fingerprint density at radius 1 is 1.02 bits per heavy atom. The minimum Gasteiger partial charge on any atom is -0.488 e. The number of rotatable bonds is 11. The predicted molar refractivity (Wildman–Crippen MR) is 179 cm³/mol. The Kier molecular flexibility index (Phi) is 10.5. The molecule has 9 nitrogen and oxygen atoms in total. The molecule has 0 radical (unpaired) electrons. The molecule has 0 aromatic heterocycles. The van der Waals surface area contributed by atoms with E-state index in [1.54, 1.807) is 24.0 Å². The van der Waals surface area contributed by atoms with Crippen molar-refractivity contribution in [1.82, 2.24) is 9.80 Å². The van der Waals surface area contributed by atoms with Gasteiger partial charge in [0.25, 0.3) is 15.9 Å². The second-order valence-electron chi connectivity index (χ2n) is 11.6. The highest BCUT2D eigenvalue weighted by atomic mass is 35.5. The topological polar surface area (TPSA) is 108 Å². The summed E-state index contributed by atoms with van der Waals surface area (Å²) in [4.78, 5) is 17.6. The van der Waals surface area contributed by atoms with Crippen LogP contribution < -0.4 is 14.2 Å². The maximum absolute atomic E-state index is 13.8. The molecule has 2 N–H and O–H groups in total. The number of amides is 1. The minimum absolute atomic E-state index is 0.0389. The number of hydrogen-bond donors (Lipinski definition) is 2. The van der Waals surface area contributed by atoms with Gasteiger partial charge in [-0.15, -0.1) is 0 Å². The number of aliphatic hydroxyl groups excluding tert-OH is 1. The van der Waals surface area contributed by atoms with Crippen molar-refractivity contribution in [1.29, 1.82) is 0 Å². The minimum atomic E-state index is -3.94. The molecule has 11 heteroatoms. The number of para-hydroxylation sites is 1. The molecule has 5 rings (SSSR count). The lowest BCUT2D eigenvalue weighted by Crippen LogP contribution is -2.49.